The van der Waals surface area contributed by atoms with E-state index < -0.39 is 5.56 Å². The standard InChI is InChI=1S/C25H21N5O4/c1-33-18-10-7-15(8-11-18)22-23-27-25(32)19-12-9-16(13-20(19)30(23)29-28-22)24(31)26-14-17-5-3-4-6-21(17)34-2/h3-13,29H,14H2,1-2H3,(H,26,31). The third-order valence-electron chi connectivity index (χ3n) is 5.62. The summed E-state index contributed by atoms with van der Waals surface area (Å²) in [4.78, 5) is 29.8. The maximum Gasteiger partial charge on any atom is 0.281 e. The van der Waals surface area contributed by atoms with Gasteiger partial charge in [0.1, 0.15) is 17.2 Å². The second-order valence-electron chi connectivity index (χ2n) is 7.59. The van der Waals surface area contributed by atoms with Crippen LogP contribution in [0.15, 0.2) is 71.5 Å². The number of para-hydroxylation sites is 1. The third kappa shape index (κ3) is 3.73. The van der Waals surface area contributed by atoms with Gasteiger partial charge in [-0.3, -0.25) is 9.59 Å². The number of ether oxygens (including phenoxy) is 2. The molecule has 0 saturated heterocycles. The van der Waals surface area contributed by atoms with E-state index in [0.29, 0.717) is 45.9 Å². The number of fused-ring (bicyclic) bond motifs is 3. The molecule has 34 heavy (non-hydrogen) atoms. The van der Waals surface area contributed by atoms with Crippen LogP contribution in [0.2, 0.25) is 0 Å². The van der Waals surface area contributed by atoms with E-state index in [2.05, 4.69) is 20.6 Å². The van der Waals surface area contributed by atoms with E-state index in [0.717, 1.165) is 11.1 Å². The fraction of sp³-hybridized carbons (Fsp3) is 0.120. The van der Waals surface area contributed by atoms with E-state index >= 15 is 0 Å². The number of H-pyrrole nitrogens is 1. The summed E-state index contributed by atoms with van der Waals surface area (Å²) in [7, 11) is 3.18. The van der Waals surface area contributed by atoms with Gasteiger partial charge in [-0.1, -0.05) is 18.2 Å². The lowest BCUT2D eigenvalue weighted by Crippen LogP contribution is -2.23. The number of carbonyl (C=O) groups excluding carboxylic acids is 1. The number of methoxy groups -OCH3 is 2. The van der Waals surface area contributed by atoms with E-state index in [1.54, 1.807) is 36.9 Å². The first-order valence-electron chi connectivity index (χ1n) is 10.5. The normalized spacial score (nSPS) is 11.0. The first-order valence-corrected chi connectivity index (χ1v) is 10.5. The second kappa shape index (κ2) is 8.70. The Kier molecular flexibility index (Phi) is 5.43. The van der Waals surface area contributed by atoms with E-state index in [9.17, 15) is 9.59 Å². The van der Waals surface area contributed by atoms with Crippen molar-refractivity contribution >= 4 is 22.5 Å². The zero-order valence-electron chi connectivity index (χ0n) is 18.5. The second-order valence-corrected chi connectivity index (χ2v) is 7.59. The lowest BCUT2D eigenvalue weighted by Gasteiger charge is -2.10. The SMILES string of the molecule is COc1ccc(-c2n[nH]n3c2nc(=O)c2ccc(C(=O)NCc4ccccc4OC)cc23)cc1. The predicted octanol–water partition coefficient (Wildman–Crippen LogP) is 3.19. The monoisotopic (exact) mass is 455 g/mol. The average Bonchev–Trinajstić information content (AvgIpc) is 3.31. The number of carbonyl (C=O) groups is 1. The van der Waals surface area contributed by atoms with Gasteiger partial charge in [0.2, 0.25) is 0 Å². The van der Waals surface area contributed by atoms with Crippen molar-refractivity contribution in [3.8, 4) is 22.8 Å². The Morgan fingerprint density at radius 2 is 1.82 bits per heavy atom. The van der Waals surface area contributed by atoms with Crippen LogP contribution < -0.4 is 20.3 Å². The number of nitrogens with zero attached hydrogens (tertiary/aromatic N) is 3. The number of nitrogens with one attached hydrogen (secondary N) is 2. The van der Waals surface area contributed by atoms with Crippen molar-refractivity contribution in [1.82, 2.24) is 25.1 Å². The predicted molar refractivity (Wildman–Crippen MR) is 127 cm³/mol. The molecule has 5 rings (SSSR count). The van der Waals surface area contributed by atoms with Gasteiger partial charge in [-0.25, -0.2) is 9.73 Å². The van der Waals surface area contributed by atoms with Crippen LogP contribution in [0.4, 0.5) is 0 Å². The van der Waals surface area contributed by atoms with Crippen LogP contribution in [0.1, 0.15) is 15.9 Å². The summed E-state index contributed by atoms with van der Waals surface area (Å²) in [6, 6.07) is 19.6. The molecule has 0 fully saturated rings. The van der Waals surface area contributed by atoms with E-state index in [1.165, 1.54) is 0 Å². The summed E-state index contributed by atoms with van der Waals surface area (Å²) in [5, 5.41) is 10.6. The largest absolute Gasteiger partial charge is 0.497 e. The number of benzene rings is 3. The topological polar surface area (TPSA) is 111 Å². The van der Waals surface area contributed by atoms with Gasteiger partial charge in [-0.2, -0.15) is 10.1 Å². The van der Waals surface area contributed by atoms with Crippen molar-refractivity contribution in [3.05, 3.63) is 88.2 Å². The van der Waals surface area contributed by atoms with Gasteiger partial charge in [0.15, 0.2) is 5.65 Å². The average molecular weight is 455 g/mol. The van der Waals surface area contributed by atoms with Crippen LogP contribution in [-0.4, -0.2) is 39.9 Å². The van der Waals surface area contributed by atoms with Crippen LogP contribution in [0.25, 0.3) is 27.8 Å². The van der Waals surface area contributed by atoms with Gasteiger partial charge < -0.3 is 14.8 Å². The van der Waals surface area contributed by atoms with Gasteiger partial charge >= 0.3 is 0 Å². The highest BCUT2D eigenvalue weighted by atomic mass is 16.5. The highest BCUT2D eigenvalue weighted by Gasteiger charge is 2.16. The fourth-order valence-corrected chi connectivity index (χ4v) is 3.84. The molecule has 9 heteroatoms. The number of hydrogen-bond donors (Lipinski definition) is 2. The summed E-state index contributed by atoms with van der Waals surface area (Å²) >= 11 is 0. The van der Waals surface area contributed by atoms with Crippen LogP contribution >= 0.6 is 0 Å². The number of aromatic nitrogens is 4. The number of aromatic amines is 1. The van der Waals surface area contributed by atoms with Crippen molar-refractivity contribution in [2.75, 3.05) is 14.2 Å². The summed E-state index contributed by atoms with van der Waals surface area (Å²) in [6.07, 6.45) is 0. The molecule has 3 aromatic carbocycles. The molecule has 9 nitrogen and oxygen atoms in total. The van der Waals surface area contributed by atoms with Gasteiger partial charge in [-0.05, 0) is 48.5 Å². The van der Waals surface area contributed by atoms with Gasteiger partial charge in [-0.15, -0.1) is 0 Å². The van der Waals surface area contributed by atoms with Gasteiger partial charge in [0.05, 0.1) is 25.1 Å². The maximum atomic E-state index is 12.9. The molecule has 170 valence electrons. The van der Waals surface area contributed by atoms with Crippen LogP contribution in [0, 0.1) is 0 Å². The molecule has 0 bridgehead atoms. The molecule has 1 amide bonds. The zero-order valence-corrected chi connectivity index (χ0v) is 18.5. The van der Waals surface area contributed by atoms with Crippen molar-refractivity contribution in [2.45, 2.75) is 6.54 Å². The molecular weight excluding hydrogens is 434 g/mol. The third-order valence-corrected chi connectivity index (χ3v) is 5.62. The van der Waals surface area contributed by atoms with E-state index in [1.807, 2.05) is 48.5 Å². The molecule has 2 N–H and O–H groups in total. The van der Waals surface area contributed by atoms with Crippen molar-refractivity contribution in [2.24, 2.45) is 0 Å². The molecule has 0 spiro atoms. The fourth-order valence-electron chi connectivity index (χ4n) is 3.84. The zero-order chi connectivity index (χ0) is 23.7. The summed E-state index contributed by atoms with van der Waals surface area (Å²) in [6.45, 7) is 0.304. The van der Waals surface area contributed by atoms with Gasteiger partial charge in [0, 0.05) is 23.2 Å². The highest BCUT2D eigenvalue weighted by molar-refractivity contribution is 5.98. The number of amides is 1. The summed E-state index contributed by atoms with van der Waals surface area (Å²) < 4.78 is 12.1. The van der Waals surface area contributed by atoms with Crippen LogP contribution in [0.3, 0.4) is 0 Å². The van der Waals surface area contributed by atoms with Gasteiger partial charge in [0.25, 0.3) is 11.5 Å². The Balaban J connectivity index is 1.51. The summed E-state index contributed by atoms with van der Waals surface area (Å²) in [5.74, 6) is 1.13. The molecule has 0 aliphatic rings. The lowest BCUT2D eigenvalue weighted by atomic mass is 10.1. The molecule has 0 atom stereocenters. The Hall–Kier alpha value is -4.66. The van der Waals surface area contributed by atoms with Crippen molar-refractivity contribution in [1.29, 1.82) is 0 Å². The molecule has 2 heterocycles. The smallest absolute Gasteiger partial charge is 0.281 e. The minimum atomic E-state index is -0.396. The molecule has 5 aromatic rings. The minimum absolute atomic E-state index is 0.277. The van der Waals surface area contributed by atoms with Crippen molar-refractivity contribution < 1.29 is 14.3 Å². The number of rotatable bonds is 6. The quantitative estimate of drug-likeness (QED) is 0.407. The molecule has 0 radical (unpaired) electrons. The number of hydrogen-bond acceptors (Lipinski definition) is 6. The minimum Gasteiger partial charge on any atom is -0.497 e. The molecule has 0 unspecified atom stereocenters. The first kappa shape index (κ1) is 21.2. The molecule has 0 aliphatic heterocycles. The van der Waals surface area contributed by atoms with Crippen LogP contribution in [0.5, 0.6) is 11.5 Å². The Bertz CT molecular complexity index is 1570. The molecule has 0 saturated carbocycles. The highest BCUT2D eigenvalue weighted by Crippen LogP contribution is 2.25. The summed E-state index contributed by atoms with van der Waals surface area (Å²) in [5.41, 5.74) is 3.04. The lowest BCUT2D eigenvalue weighted by molar-refractivity contribution is 0.0951. The van der Waals surface area contributed by atoms with E-state index in [-0.39, 0.29) is 5.91 Å². The Labute approximate surface area is 194 Å². The van der Waals surface area contributed by atoms with E-state index in [4.69, 9.17) is 9.47 Å². The van der Waals surface area contributed by atoms with Crippen LogP contribution in [-0.2, 0) is 6.54 Å². The Morgan fingerprint density at radius 3 is 2.59 bits per heavy atom. The molecule has 2 aromatic heterocycles. The molecule has 0 aliphatic carbocycles. The van der Waals surface area contributed by atoms with Crippen molar-refractivity contribution in [3.63, 3.8) is 0 Å². The molecular formula is C25H21N5O4. The maximum absolute atomic E-state index is 12.9. The first-order chi connectivity index (χ1) is 16.6. The Morgan fingerprint density at radius 1 is 1.03 bits per heavy atom.